The fourth-order valence-corrected chi connectivity index (χ4v) is 3.84. The molecule has 0 unspecified atom stereocenters. The largest absolute Gasteiger partial charge is 0.496 e. The number of carbonyl (C=O) groups excluding carboxylic acids is 1. The summed E-state index contributed by atoms with van der Waals surface area (Å²) in [7, 11) is -0.730. The van der Waals surface area contributed by atoms with Crippen LogP contribution in [0.25, 0.3) is 0 Å². The summed E-state index contributed by atoms with van der Waals surface area (Å²) in [5.41, 5.74) is 1.05. The molecule has 28 heavy (non-hydrogen) atoms. The Morgan fingerprint density at radius 3 is 2.43 bits per heavy atom. The van der Waals surface area contributed by atoms with Crippen molar-refractivity contribution in [1.82, 2.24) is 9.62 Å². The zero-order valence-corrected chi connectivity index (χ0v) is 18.0. The van der Waals surface area contributed by atoms with Crippen molar-refractivity contribution in [2.24, 2.45) is 0 Å². The second kappa shape index (κ2) is 9.41. The molecule has 152 valence electrons. The van der Waals surface area contributed by atoms with Gasteiger partial charge < -0.3 is 10.1 Å². The molecule has 0 fully saturated rings. The predicted molar refractivity (Wildman–Crippen MR) is 110 cm³/mol. The third-order valence-corrected chi connectivity index (χ3v) is 6.52. The molecule has 0 aliphatic rings. The molecule has 1 amide bonds. The standard InChI is InChI=1S/C20H25ClN2O4S/c1-5-14(2)22-20(24)15-6-11-19(27-4)16(12-15)13-23(3)28(25,26)18-9-7-17(21)8-10-18/h6-12,14H,5,13H2,1-4H3,(H,22,24)/t14-/m1/s1. The maximum atomic E-state index is 12.8. The number of carbonyl (C=O) groups is 1. The fourth-order valence-electron chi connectivity index (χ4n) is 2.56. The van der Waals surface area contributed by atoms with Crippen molar-refractivity contribution in [3.8, 4) is 5.75 Å². The summed E-state index contributed by atoms with van der Waals surface area (Å²) in [6, 6.07) is 11.0. The van der Waals surface area contributed by atoms with Crippen LogP contribution in [-0.2, 0) is 16.6 Å². The van der Waals surface area contributed by atoms with Crippen LogP contribution in [0.3, 0.4) is 0 Å². The van der Waals surface area contributed by atoms with Gasteiger partial charge in [-0.05, 0) is 55.8 Å². The van der Waals surface area contributed by atoms with Crippen molar-refractivity contribution in [3.05, 3.63) is 58.6 Å². The molecule has 0 aromatic heterocycles. The summed E-state index contributed by atoms with van der Waals surface area (Å²) < 4.78 is 32.2. The molecular formula is C20H25ClN2O4S. The number of methoxy groups -OCH3 is 1. The van der Waals surface area contributed by atoms with Gasteiger partial charge in [-0.15, -0.1) is 0 Å². The molecule has 0 radical (unpaired) electrons. The van der Waals surface area contributed by atoms with Gasteiger partial charge in [0.15, 0.2) is 0 Å². The van der Waals surface area contributed by atoms with Crippen LogP contribution in [0, 0.1) is 0 Å². The van der Waals surface area contributed by atoms with E-state index in [2.05, 4.69) is 5.32 Å². The normalized spacial score (nSPS) is 12.6. The molecule has 2 rings (SSSR count). The van der Waals surface area contributed by atoms with E-state index in [0.29, 0.717) is 21.9 Å². The number of nitrogens with one attached hydrogen (secondary N) is 1. The highest BCUT2D eigenvalue weighted by atomic mass is 35.5. The van der Waals surface area contributed by atoms with E-state index >= 15 is 0 Å². The lowest BCUT2D eigenvalue weighted by Gasteiger charge is -2.20. The zero-order chi connectivity index (χ0) is 20.9. The van der Waals surface area contributed by atoms with Crippen molar-refractivity contribution < 1.29 is 17.9 Å². The summed E-state index contributed by atoms with van der Waals surface area (Å²) in [5.74, 6) is 0.305. The van der Waals surface area contributed by atoms with Crippen LogP contribution in [0.4, 0.5) is 0 Å². The van der Waals surface area contributed by atoms with Gasteiger partial charge in [-0.2, -0.15) is 4.31 Å². The summed E-state index contributed by atoms with van der Waals surface area (Å²) in [6.07, 6.45) is 0.816. The lowest BCUT2D eigenvalue weighted by atomic mass is 10.1. The molecule has 0 aliphatic carbocycles. The first-order chi connectivity index (χ1) is 13.2. The van der Waals surface area contributed by atoms with Crippen LogP contribution in [0.1, 0.15) is 36.2 Å². The molecule has 0 aliphatic heterocycles. The first kappa shape index (κ1) is 22.2. The minimum atomic E-state index is -3.72. The highest BCUT2D eigenvalue weighted by Crippen LogP contribution is 2.25. The van der Waals surface area contributed by atoms with Crippen molar-refractivity contribution in [2.75, 3.05) is 14.2 Å². The molecule has 8 heteroatoms. The Morgan fingerprint density at radius 1 is 1.21 bits per heavy atom. The highest BCUT2D eigenvalue weighted by molar-refractivity contribution is 7.89. The van der Waals surface area contributed by atoms with Gasteiger partial charge in [0.2, 0.25) is 10.0 Å². The van der Waals surface area contributed by atoms with E-state index in [1.165, 1.54) is 42.7 Å². The van der Waals surface area contributed by atoms with Gasteiger partial charge in [-0.1, -0.05) is 18.5 Å². The Hall–Kier alpha value is -2.09. The van der Waals surface area contributed by atoms with E-state index in [0.717, 1.165) is 6.42 Å². The summed E-state index contributed by atoms with van der Waals surface area (Å²) in [4.78, 5) is 12.5. The van der Waals surface area contributed by atoms with Crippen molar-refractivity contribution in [1.29, 1.82) is 0 Å². The molecule has 0 bridgehead atoms. The molecule has 0 spiro atoms. The molecule has 1 N–H and O–H groups in total. The quantitative estimate of drug-likeness (QED) is 0.701. The van der Waals surface area contributed by atoms with Crippen LogP contribution in [0.15, 0.2) is 47.4 Å². The average Bonchev–Trinajstić information content (AvgIpc) is 2.67. The SMILES string of the molecule is CC[C@@H](C)NC(=O)c1ccc(OC)c(CN(C)S(=O)(=O)c2ccc(Cl)cc2)c1. The van der Waals surface area contributed by atoms with Gasteiger partial charge in [0, 0.05) is 35.8 Å². The Labute approximate surface area is 171 Å². The number of amides is 1. The topological polar surface area (TPSA) is 75.7 Å². The summed E-state index contributed by atoms with van der Waals surface area (Å²) in [5, 5.41) is 3.36. The van der Waals surface area contributed by atoms with E-state index in [1.54, 1.807) is 18.2 Å². The lowest BCUT2D eigenvalue weighted by Crippen LogP contribution is -2.32. The van der Waals surface area contributed by atoms with Crippen molar-refractivity contribution >= 4 is 27.5 Å². The first-order valence-corrected chi connectivity index (χ1v) is 10.7. The maximum absolute atomic E-state index is 12.8. The number of hydrogen-bond acceptors (Lipinski definition) is 4. The van der Waals surface area contributed by atoms with Crippen LogP contribution < -0.4 is 10.1 Å². The van der Waals surface area contributed by atoms with Crippen molar-refractivity contribution in [3.63, 3.8) is 0 Å². The minimum absolute atomic E-state index is 0.0472. The molecule has 0 heterocycles. The van der Waals surface area contributed by atoms with E-state index in [4.69, 9.17) is 16.3 Å². The summed E-state index contributed by atoms with van der Waals surface area (Å²) in [6.45, 7) is 3.97. The number of sulfonamides is 1. The second-order valence-electron chi connectivity index (χ2n) is 6.52. The highest BCUT2D eigenvalue weighted by Gasteiger charge is 2.22. The van der Waals surface area contributed by atoms with Gasteiger partial charge in [0.25, 0.3) is 5.91 Å². The van der Waals surface area contributed by atoms with Gasteiger partial charge >= 0.3 is 0 Å². The lowest BCUT2D eigenvalue weighted by molar-refractivity contribution is 0.0939. The number of ether oxygens (including phenoxy) is 1. The Bertz CT molecular complexity index is 930. The molecule has 6 nitrogen and oxygen atoms in total. The van der Waals surface area contributed by atoms with Gasteiger partial charge in [-0.25, -0.2) is 8.42 Å². The number of rotatable bonds is 8. The van der Waals surface area contributed by atoms with E-state index in [1.807, 2.05) is 13.8 Å². The predicted octanol–water partition coefficient (Wildman–Crippen LogP) is 3.70. The maximum Gasteiger partial charge on any atom is 0.251 e. The van der Waals surface area contributed by atoms with Gasteiger partial charge in [0.1, 0.15) is 5.75 Å². The van der Waals surface area contributed by atoms with Crippen LogP contribution >= 0.6 is 11.6 Å². The second-order valence-corrected chi connectivity index (χ2v) is 9.01. The fraction of sp³-hybridized carbons (Fsp3) is 0.350. The number of halogens is 1. The Morgan fingerprint density at radius 2 is 1.86 bits per heavy atom. The third kappa shape index (κ3) is 5.25. The molecule has 0 saturated carbocycles. The van der Waals surface area contributed by atoms with Crippen LogP contribution in [0.5, 0.6) is 5.75 Å². The monoisotopic (exact) mass is 424 g/mol. The molecular weight excluding hydrogens is 400 g/mol. The average molecular weight is 425 g/mol. The molecule has 1 atom stereocenters. The van der Waals surface area contributed by atoms with Crippen LogP contribution in [-0.4, -0.2) is 38.8 Å². The zero-order valence-electron chi connectivity index (χ0n) is 16.4. The van der Waals surface area contributed by atoms with Crippen LogP contribution in [0.2, 0.25) is 5.02 Å². The smallest absolute Gasteiger partial charge is 0.251 e. The minimum Gasteiger partial charge on any atom is -0.496 e. The van der Waals surface area contributed by atoms with E-state index < -0.39 is 10.0 Å². The van der Waals surface area contributed by atoms with Gasteiger partial charge in [0.05, 0.1) is 12.0 Å². The first-order valence-electron chi connectivity index (χ1n) is 8.88. The number of nitrogens with zero attached hydrogens (tertiary/aromatic N) is 1. The summed E-state index contributed by atoms with van der Waals surface area (Å²) >= 11 is 5.84. The van der Waals surface area contributed by atoms with E-state index in [9.17, 15) is 13.2 Å². The van der Waals surface area contributed by atoms with Crippen molar-refractivity contribution in [2.45, 2.75) is 37.8 Å². The Balaban J connectivity index is 2.29. The molecule has 2 aromatic carbocycles. The Kier molecular flexibility index (Phi) is 7.46. The third-order valence-electron chi connectivity index (χ3n) is 4.45. The molecule has 0 saturated heterocycles. The van der Waals surface area contributed by atoms with Gasteiger partial charge in [-0.3, -0.25) is 4.79 Å². The number of benzene rings is 2. The number of hydrogen-bond donors (Lipinski definition) is 1. The van der Waals surface area contributed by atoms with E-state index in [-0.39, 0.29) is 23.4 Å². The molecule has 2 aromatic rings.